The number of pyridine rings is 1. The Morgan fingerprint density at radius 1 is 0.875 bits per heavy atom. The van der Waals surface area contributed by atoms with E-state index in [9.17, 15) is 0 Å². The van der Waals surface area contributed by atoms with Gasteiger partial charge >= 0.3 is 0 Å². The van der Waals surface area contributed by atoms with Gasteiger partial charge in [0.05, 0.1) is 11.9 Å². The number of fused-ring (bicyclic) bond motifs is 1. The van der Waals surface area contributed by atoms with E-state index < -0.39 is 0 Å². The molecule has 2 heterocycles. The lowest BCUT2D eigenvalue weighted by atomic mass is 10.0. The minimum atomic E-state index is 0.511. The molecule has 4 rings (SSSR count). The average molecular weight is 313 g/mol. The Kier molecular flexibility index (Phi) is 3.81. The van der Waals surface area contributed by atoms with Gasteiger partial charge in [-0.1, -0.05) is 42.5 Å². The number of rotatable bonds is 4. The van der Waals surface area contributed by atoms with Gasteiger partial charge in [-0.2, -0.15) is 5.10 Å². The number of aromatic nitrogens is 4. The fourth-order valence-corrected chi connectivity index (χ4v) is 2.64. The number of nitrogens with one attached hydrogen (secondary N) is 1. The van der Waals surface area contributed by atoms with Gasteiger partial charge < -0.3 is 5.32 Å². The zero-order valence-electron chi connectivity index (χ0n) is 12.9. The highest BCUT2D eigenvalue weighted by atomic mass is 15.2. The van der Waals surface area contributed by atoms with Crippen LogP contribution in [0.25, 0.3) is 22.0 Å². The molecule has 0 fully saturated rings. The molecule has 0 aliphatic carbocycles. The van der Waals surface area contributed by atoms with Crippen LogP contribution >= 0.6 is 0 Å². The molecule has 4 aromatic rings. The first-order valence-electron chi connectivity index (χ1n) is 7.71. The van der Waals surface area contributed by atoms with Crippen LogP contribution in [0.3, 0.4) is 0 Å². The summed E-state index contributed by atoms with van der Waals surface area (Å²) in [6, 6.07) is 18.3. The van der Waals surface area contributed by atoms with Crippen molar-refractivity contribution in [1.82, 2.24) is 20.2 Å². The van der Waals surface area contributed by atoms with Crippen LogP contribution in [0.4, 0.5) is 5.95 Å². The van der Waals surface area contributed by atoms with E-state index in [0.717, 1.165) is 22.2 Å². The lowest BCUT2D eigenvalue weighted by Crippen LogP contribution is -2.05. The van der Waals surface area contributed by atoms with Crippen LogP contribution < -0.4 is 5.32 Å². The standard InChI is InChI=1S/C19H15N5/c1-2-6-16-15(4-1)5-3-7-17(16)18-13-22-24-19(23-18)21-12-14-8-10-20-11-9-14/h1-11,13H,12H2,(H,21,23,24). The van der Waals surface area contributed by atoms with Crippen molar-refractivity contribution in [2.75, 3.05) is 5.32 Å². The van der Waals surface area contributed by atoms with Crippen molar-refractivity contribution in [1.29, 1.82) is 0 Å². The summed E-state index contributed by atoms with van der Waals surface area (Å²) in [6.45, 7) is 0.628. The Hall–Kier alpha value is -3.34. The molecule has 2 aromatic carbocycles. The summed E-state index contributed by atoms with van der Waals surface area (Å²) < 4.78 is 0. The van der Waals surface area contributed by atoms with Gasteiger partial charge in [0.25, 0.3) is 0 Å². The summed E-state index contributed by atoms with van der Waals surface area (Å²) in [5, 5.41) is 13.7. The van der Waals surface area contributed by atoms with Crippen molar-refractivity contribution in [2.45, 2.75) is 6.54 Å². The quantitative estimate of drug-likeness (QED) is 0.622. The number of benzene rings is 2. The molecule has 116 valence electrons. The minimum Gasteiger partial charge on any atom is -0.349 e. The number of anilines is 1. The maximum Gasteiger partial charge on any atom is 0.243 e. The predicted octanol–water partition coefficient (Wildman–Crippen LogP) is 3.70. The SMILES string of the molecule is c1ccc2c(-c3cnnc(NCc4ccncc4)n3)cccc2c1. The lowest BCUT2D eigenvalue weighted by molar-refractivity contribution is 0.948. The second-order valence-electron chi connectivity index (χ2n) is 5.40. The highest BCUT2D eigenvalue weighted by molar-refractivity contribution is 5.95. The van der Waals surface area contributed by atoms with Crippen LogP contribution in [0, 0.1) is 0 Å². The number of hydrogen-bond acceptors (Lipinski definition) is 5. The van der Waals surface area contributed by atoms with Crippen LogP contribution in [0.5, 0.6) is 0 Å². The smallest absolute Gasteiger partial charge is 0.243 e. The molecule has 0 radical (unpaired) electrons. The van der Waals surface area contributed by atoms with Gasteiger partial charge in [0.1, 0.15) is 0 Å². The predicted molar refractivity (Wildman–Crippen MR) is 94.3 cm³/mol. The molecular weight excluding hydrogens is 298 g/mol. The van der Waals surface area contributed by atoms with Gasteiger partial charge in [-0.15, -0.1) is 5.10 Å². The Labute approximate surface area is 139 Å². The topological polar surface area (TPSA) is 63.6 Å². The molecule has 0 amide bonds. The molecule has 0 bridgehead atoms. The molecule has 0 aliphatic rings. The Balaban J connectivity index is 1.64. The van der Waals surface area contributed by atoms with Crippen molar-refractivity contribution in [3.05, 3.63) is 78.8 Å². The molecule has 5 heteroatoms. The number of hydrogen-bond donors (Lipinski definition) is 1. The Bertz CT molecular complexity index is 964. The summed E-state index contributed by atoms with van der Waals surface area (Å²) >= 11 is 0. The summed E-state index contributed by atoms with van der Waals surface area (Å²) in [5.41, 5.74) is 2.97. The van der Waals surface area contributed by atoms with Crippen molar-refractivity contribution < 1.29 is 0 Å². The summed E-state index contributed by atoms with van der Waals surface area (Å²) in [4.78, 5) is 8.62. The third-order valence-electron chi connectivity index (χ3n) is 3.82. The van der Waals surface area contributed by atoms with Gasteiger partial charge in [0.15, 0.2) is 0 Å². The molecule has 2 aromatic heterocycles. The highest BCUT2D eigenvalue weighted by Crippen LogP contribution is 2.26. The van der Waals surface area contributed by atoms with E-state index in [-0.39, 0.29) is 0 Å². The van der Waals surface area contributed by atoms with Gasteiger partial charge in [0, 0.05) is 24.5 Å². The van der Waals surface area contributed by atoms with E-state index in [1.165, 1.54) is 5.39 Å². The lowest BCUT2D eigenvalue weighted by Gasteiger charge is -2.08. The molecule has 0 spiro atoms. The van der Waals surface area contributed by atoms with Crippen molar-refractivity contribution in [2.24, 2.45) is 0 Å². The third kappa shape index (κ3) is 2.92. The maximum absolute atomic E-state index is 4.61. The van der Waals surface area contributed by atoms with E-state index in [1.54, 1.807) is 18.6 Å². The second-order valence-corrected chi connectivity index (χ2v) is 5.40. The van der Waals surface area contributed by atoms with E-state index in [0.29, 0.717) is 12.5 Å². The van der Waals surface area contributed by atoms with E-state index >= 15 is 0 Å². The first kappa shape index (κ1) is 14.3. The first-order valence-corrected chi connectivity index (χ1v) is 7.71. The third-order valence-corrected chi connectivity index (χ3v) is 3.82. The molecule has 0 atom stereocenters. The van der Waals surface area contributed by atoms with Crippen LogP contribution in [-0.2, 0) is 6.54 Å². The van der Waals surface area contributed by atoms with Crippen LogP contribution in [0.15, 0.2) is 73.2 Å². The van der Waals surface area contributed by atoms with E-state index in [1.807, 2.05) is 30.3 Å². The fourth-order valence-electron chi connectivity index (χ4n) is 2.64. The summed E-state index contributed by atoms with van der Waals surface area (Å²) in [7, 11) is 0. The molecule has 5 nitrogen and oxygen atoms in total. The van der Waals surface area contributed by atoms with Gasteiger partial charge in [-0.3, -0.25) is 4.98 Å². The van der Waals surface area contributed by atoms with Crippen molar-refractivity contribution in [3.63, 3.8) is 0 Å². The molecule has 24 heavy (non-hydrogen) atoms. The van der Waals surface area contributed by atoms with Gasteiger partial charge in [-0.05, 0) is 28.5 Å². The second kappa shape index (κ2) is 6.42. The molecule has 0 aliphatic heterocycles. The van der Waals surface area contributed by atoms with Crippen molar-refractivity contribution >= 4 is 16.7 Å². The Morgan fingerprint density at radius 2 is 1.71 bits per heavy atom. The largest absolute Gasteiger partial charge is 0.349 e. The average Bonchev–Trinajstić information content (AvgIpc) is 2.67. The van der Waals surface area contributed by atoms with E-state index in [2.05, 4.69) is 49.7 Å². The van der Waals surface area contributed by atoms with Crippen LogP contribution in [-0.4, -0.2) is 20.2 Å². The molecular formula is C19H15N5. The summed E-state index contributed by atoms with van der Waals surface area (Å²) in [5.74, 6) is 0.511. The Morgan fingerprint density at radius 3 is 2.62 bits per heavy atom. The summed E-state index contributed by atoms with van der Waals surface area (Å²) in [6.07, 6.45) is 5.23. The van der Waals surface area contributed by atoms with Crippen LogP contribution in [0.2, 0.25) is 0 Å². The maximum atomic E-state index is 4.61. The minimum absolute atomic E-state index is 0.511. The van der Waals surface area contributed by atoms with E-state index in [4.69, 9.17) is 0 Å². The van der Waals surface area contributed by atoms with Gasteiger partial charge in [0.2, 0.25) is 5.95 Å². The van der Waals surface area contributed by atoms with Crippen molar-refractivity contribution in [3.8, 4) is 11.3 Å². The zero-order valence-corrected chi connectivity index (χ0v) is 12.9. The molecule has 1 N–H and O–H groups in total. The van der Waals surface area contributed by atoms with Gasteiger partial charge in [-0.25, -0.2) is 4.98 Å². The molecule has 0 saturated carbocycles. The normalized spacial score (nSPS) is 10.7. The zero-order chi connectivity index (χ0) is 16.2. The monoisotopic (exact) mass is 313 g/mol. The number of nitrogens with zero attached hydrogens (tertiary/aromatic N) is 4. The molecule has 0 unspecified atom stereocenters. The first-order chi connectivity index (χ1) is 11.9. The fraction of sp³-hybridized carbons (Fsp3) is 0.0526. The molecule has 0 saturated heterocycles. The highest BCUT2D eigenvalue weighted by Gasteiger charge is 2.07. The van der Waals surface area contributed by atoms with Crippen LogP contribution in [0.1, 0.15) is 5.56 Å².